The minimum atomic E-state index is -4.38. The molecule has 1 aliphatic heterocycles. The molecule has 2 atom stereocenters. The highest BCUT2D eigenvalue weighted by Gasteiger charge is 2.35. The van der Waals surface area contributed by atoms with Crippen LogP contribution in [0, 0.1) is 11.8 Å². The lowest BCUT2D eigenvalue weighted by Crippen LogP contribution is -2.16. The standard InChI is InChI=1S/C52H46ClO2.C10H8O3S/c1-34-26-42(51-46(28-34)44(36-16-7-3-8-17-36)32-48(54-51)38-20-11-5-12-21-38)30-40-24-15-25-41(50(40)53)31-43-27-35(2)29-47-45(37-18-9-4-10-19-37)33-49(55-52(43)47)39-22-13-6-14-23-39;11-14(12,13)10-7-3-5-8-4-1-2-6-9(8)10/h3-14,16-23,30-35H,15,24-29H2,1-2H3;1-7H,(H,11,12,13)/q+1;/p-1. The molecule has 7 aromatic rings. The van der Waals surface area contributed by atoms with E-state index in [1.807, 2.05) is 0 Å². The number of rotatable bonds is 7. The molecule has 0 amide bonds. The summed E-state index contributed by atoms with van der Waals surface area (Å²) in [6.07, 6.45) is 13.7. The molecule has 7 heteroatoms. The third kappa shape index (κ3) is 10.0. The number of ether oxygens (including phenoxy) is 1. The molecule has 1 aromatic heterocycles. The Morgan fingerprint density at radius 2 is 1.22 bits per heavy atom. The third-order valence-corrected chi connectivity index (χ3v) is 14.8. The van der Waals surface area contributed by atoms with Crippen LogP contribution in [0.1, 0.15) is 74.8 Å². The van der Waals surface area contributed by atoms with Crippen molar-refractivity contribution in [2.24, 2.45) is 11.8 Å². The van der Waals surface area contributed by atoms with Gasteiger partial charge in [0.1, 0.15) is 21.6 Å². The molecule has 0 saturated carbocycles. The van der Waals surface area contributed by atoms with Crippen LogP contribution in [-0.4, -0.2) is 13.0 Å². The van der Waals surface area contributed by atoms with E-state index in [-0.39, 0.29) is 4.90 Å². The van der Waals surface area contributed by atoms with Gasteiger partial charge in [-0.15, -0.1) is 0 Å². The summed E-state index contributed by atoms with van der Waals surface area (Å²) in [5.74, 6) is 4.72. The molecule has 4 aliphatic rings. The fraction of sp³-hybridized carbons (Fsp3) is 0.177. The number of allylic oxidation sites excluding steroid dienone is 10. The molecule has 2 heterocycles. The maximum atomic E-state index is 10.9. The average Bonchev–Trinajstić information content (AvgIpc) is 3.37. The van der Waals surface area contributed by atoms with Gasteiger partial charge in [-0.1, -0.05) is 177 Å². The van der Waals surface area contributed by atoms with Crippen LogP contribution in [-0.2, 0) is 21.3 Å². The van der Waals surface area contributed by atoms with Crippen molar-refractivity contribution in [3.63, 3.8) is 0 Å². The van der Waals surface area contributed by atoms with Gasteiger partial charge in [0.05, 0.1) is 27.7 Å². The van der Waals surface area contributed by atoms with Crippen molar-refractivity contribution < 1.29 is 22.1 Å². The van der Waals surface area contributed by atoms with E-state index >= 15 is 0 Å². The van der Waals surface area contributed by atoms with Gasteiger partial charge < -0.3 is 9.29 Å². The minimum Gasteiger partial charge on any atom is -0.744 e. The highest BCUT2D eigenvalue weighted by Crippen LogP contribution is 2.48. The van der Waals surface area contributed by atoms with Crippen LogP contribution in [0.4, 0.5) is 0 Å². The lowest BCUT2D eigenvalue weighted by molar-refractivity contribution is 0.358. The predicted octanol–water partition coefficient (Wildman–Crippen LogP) is 16.4. The number of fused-ring (bicyclic) bond motifs is 3. The van der Waals surface area contributed by atoms with Crippen molar-refractivity contribution in [3.05, 3.63) is 244 Å². The summed E-state index contributed by atoms with van der Waals surface area (Å²) in [6.45, 7) is 4.71. The zero-order chi connectivity index (χ0) is 47.5. The molecule has 6 aromatic carbocycles. The first-order valence-corrected chi connectivity index (χ1v) is 25.7. The van der Waals surface area contributed by atoms with Crippen LogP contribution in [0.25, 0.3) is 50.1 Å². The molecule has 11 rings (SSSR count). The van der Waals surface area contributed by atoms with E-state index in [9.17, 15) is 13.0 Å². The molecule has 0 saturated heterocycles. The Bertz CT molecular complexity index is 3360. The normalized spacial score (nSPS) is 19.4. The first-order valence-electron chi connectivity index (χ1n) is 23.9. The molecule has 0 bridgehead atoms. The van der Waals surface area contributed by atoms with Gasteiger partial charge in [-0.05, 0) is 131 Å². The largest absolute Gasteiger partial charge is 0.744 e. The van der Waals surface area contributed by atoms with Crippen molar-refractivity contribution in [1.29, 1.82) is 0 Å². The maximum absolute atomic E-state index is 10.9. The molecule has 3 aliphatic carbocycles. The lowest BCUT2D eigenvalue weighted by Gasteiger charge is -2.32. The van der Waals surface area contributed by atoms with Crippen molar-refractivity contribution in [2.45, 2.75) is 63.7 Å². The lowest BCUT2D eigenvalue weighted by atomic mass is 9.79. The molecule has 0 N–H and O–H groups in total. The molecule has 5 nitrogen and oxygen atoms in total. The fourth-order valence-corrected chi connectivity index (χ4v) is 11.3. The minimum absolute atomic E-state index is 0.157. The van der Waals surface area contributed by atoms with E-state index in [4.69, 9.17) is 20.8 Å². The van der Waals surface area contributed by atoms with Gasteiger partial charge in [0.15, 0.2) is 0 Å². The van der Waals surface area contributed by atoms with Gasteiger partial charge >= 0.3 is 11.5 Å². The van der Waals surface area contributed by atoms with E-state index in [1.54, 1.807) is 36.4 Å². The quantitative estimate of drug-likeness (QED) is 0.117. The number of hydrogen-bond acceptors (Lipinski definition) is 4. The molecule has 344 valence electrons. The highest BCUT2D eigenvalue weighted by atomic mass is 35.5. The molecule has 69 heavy (non-hydrogen) atoms. The van der Waals surface area contributed by atoms with Crippen LogP contribution in [0.2, 0.25) is 0 Å². The molecular formula is C62H53ClO5S. The summed E-state index contributed by atoms with van der Waals surface area (Å²) in [6, 6.07) is 56.2. The summed E-state index contributed by atoms with van der Waals surface area (Å²) < 4.78 is 46.5. The van der Waals surface area contributed by atoms with Crippen molar-refractivity contribution in [1.82, 2.24) is 0 Å². The van der Waals surface area contributed by atoms with Gasteiger partial charge in [0.25, 0.3) is 0 Å². The SMILES string of the molecule is CC1CC(/C=C2\CCCC(/C=C3\CC(C)Cc4c(-c5ccccc5)cc(-c5ccccc5)[o+]c43)=C2Cl)=C2OC(c3ccccc3)=CC(c3ccccc3)=C2C1.O=S(=O)([O-])c1cccc2ccccc12. The van der Waals surface area contributed by atoms with E-state index < -0.39 is 10.1 Å². The number of benzene rings is 6. The number of halogens is 1. The van der Waals surface area contributed by atoms with Crippen LogP contribution in [0.5, 0.6) is 0 Å². The van der Waals surface area contributed by atoms with E-state index in [1.165, 1.54) is 61.8 Å². The monoisotopic (exact) mass is 944 g/mol. The Hall–Kier alpha value is -6.83. The summed E-state index contributed by atoms with van der Waals surface area (Å²) in [5.41, 5.74) is 14.5. The van der Waals surface area contributed by atoms with Gasteiger partial charge in [0, 0.05) is 21.7 Å². The topological polar surface area (TPSA) is 77.7 Å². The molecular weight excluding hydrogens is 892 g/mol. The van der Waals surface area contributed by atoms with Crippen LogP contribution >= 0.6 is 11.6 Å². The summed E-state index contributed by atoms with van der Waals surface area (Å²) in [7, 11) is -4.38. The highest BCUT2D eigenvalue weighted by molar-refractivity contribution is 7.86. The maximum Gasteiger partial charge on any atom is 0.361 e. The zero-order valence-corrected chi connectivity index (χ0v) is 40.4. The average molecular weight is 946 g/mol. The first kappa shape index (κ1) is 45.9. The second-order valence-electron chi connectivity index (χ2n) is 18.6. The Morgan fingerprint density at radius 1 is 0.623 bits per heavy atom. The zero-order valence-electron chi connectivity index (χ0n) is 38.8. The van der Waals surface area contributed by atoms with Crippen LogP contribution < -0.4 is 0 Å². The Kier molecular flexibility index (Phi) is 13.3. The Balaban J connectivity index is 0.000000338. The summed E-state index contributed by atoms with van der Waals surface area (Å²) >= 11 is 7.51. The first-order chi connectivity index (χ1) is 33.6. The second-order valence-corrected chi connectivity index (χ2v) is 20.4. The summed E-state index contributed by atoms with van der Waals surface area (Å²) in [4.78, 5) is -0.157. The van der Waals surface area contributed by atoms with E-state index in [2.05, 4.69) is 159 Å². The Labute approximate surface area is 410 Å². The Morgan fingerprint density at radius 3 is 1.91 bits per heavy atom. The summed E-state index contributed by atoms with van der Waals surface area (Å²) in [5, 5.41) is 2.10. The van der Waals surface area contributed by atoms with E-state index in [0.29, 0.717) is 17.2 Å². The fourth-order valence-electron chi connectivity index (χ4n) is 10.3. The molecule has 0 radical (unpaired) electrons. The molecule has 0 spiro atoms. The predicted molar refractivity (Wildman–Crippen MR) is 280 cm³/mol. The van der Waals surface area contributed by atoms with Crippen molar-refractivity contribution in [3.8, 4) is 22.5 Å². The molecule has 2 unspecified atom stereocenters. The van der Waals surface area contributed by atoms with Gasteiger partial charge in [0.2, 0.25) is 0 Å². The molecule has 0 fully saturated rings. The smallest absolute Gasteiger partial charge is 0.361 e. The second kappa shape index (κ2) is 20.0. The number of hydrogen-bond donors (Lipinski definition) is 0. The van der Waals surface area contributed by atoms with Crippen molar-refractivity contribution >= 4 is 49.4 Å². The third-order valence-electron chi connectivity index (χ3n) is 13.5. The van der Waals surface area contributed by atoms with Crippen LogP contribution in [0.3, 0.4) is 0 Å². The van der Waals surface area contributed by atoms with Gasteiger partial charge in [-0.25, -0.2) is 12.8 Å². The van der Waals surface area contributed by atoms with Gasteiger partial charge in [-0.2, -0.15) is 0 Å². The van der Waals surface area contributed by atoms with Gasteiger partial charge in [-0.3, -0.25) is 0 Å². The van der Waals surface area contributed by atoms with Crippen molar-refractivity contribution in [2.75, 3.05) is 0 Å². The van der Waals surface area contributed by atoms with Crippen LogP contribution in [0.15, 0.2) is 230 Å². The van der Waals surface area contributed by atoms with E-state index in [0.717, 1.165) is 89.5 Å².